The molecule has 0 spiro atoms. The number of fused-ring (bicyclic) bond motifs is 3. The second-order valence-electron chi connectivity index (χ2n) is 18.7. The number of anilines is 2. The second kappa shape index (κ2) is 22.8. The van der Waals surface area contributed by atoms with Crippen LogP contribution in [-0.4, -0.2) is 90.5 Å². The highest BCUT2D eigenvalue weighted by molar-refractivity contribution is 9.10. The lowest BCUT2D eigenvalue weighted by atomic mass is 10.2. The maximum atomic E-state index is 12.9. The number of nitrogens with two attached hydrogens (primary N) is 1. The standard InChI is InChI=1S/2C18H21N5O4S.C13H10BrN3O2S.CH4/c1-12-5-7-13(8-6-12)28(25,26)22-10-9-14-16(22)20-11-15(21-14)23(19)17(24)27-18(2,3)4;1-12-5-7-13(8-6-12)28(25,26)23-10-9-14-16(23)19-11-15(20-14)21-22-17(24)27-18(2,3)4;1-9-2-4-10(5-3-9)20(18,19)17-7-6-11-13(17)15-8-12(14)16-11;/h5-11H,19H2,1-4H3;5-11H,1-4H3,(H,20,21)(H,22,24);2-8H,1H3;1H4. The highest BCUT2D eigenvalue weighted by Gasteiger charge is 2.26. The first kappa shape index (κ1) is 58.4. The second-order valence-corrected chi connectivity index (χ2v) is 25.0. The molecule has 0 saturated heterocycles. The van der Waals surface area contributed by atoms with Gasteiger partial charge in [-0.15, -0.1) is 0 Å². The SMILES string of the molecule is C.Cc1ccc(S(=O)(=O)n2ccc3nc(Br)cnc32)cc1.Cc1ccc(S(=O)(=O)n2ccc3nc(N(N)C(=O)OC(C)(C)C)cnc32)cc1.Cc1ccc(S(=O)(=O)n2ccc3nc(NNC(=O)OC(C)(C)C)cnc32)cc1. The monoisotopic (exact) mass is 1170 g/mol. The van der Waals surface area contributed by atoms with Crippen molar-refractivity contribution in [1.82, 2.24) is 47.2 Å². The Morgan fingerprint density at radius 2 is 0.909 bits per heavy atom. The molecule has 4 N–H and O–H groups in total. The lowest BCUT2D eigenvalue weighted by Gasteiger charge is -2.23. The van der Waals surface area contributed by atoms with E-state index in [0.717, 1.165) is 33.6 Å². The van der Waals surface area contributed by atoms with Crippen molar-refractivity contribution in [2.75, 3.05) is 10.4 Å². The van der Waals surface area contributed by atoms with Crippen molar-refractivity contribution in [3.8, 4) is 0 Å². The number of hydrogen-bond donors (Lipinski definition) is 3. The van der Waals surface area contributed by atoms with Crippen molar-refractivity contribution in [2.24, 2.45) is 5.84 Å². The van der Waals surface area contributed by atoms with E-state index in [0.29, 0.717) is 21.3 Å². The molecule has 0 bridgehead atoms. The Balaban J connectivity index is 0.000000189. The quantitative estimate of drug-likeness (QED) is 0.0690. The fraction of sp³-hybridized carbons (Fsp3) is 0.240. The Morgan fingerprint density at radius 3 is 1.31 bits per heavy atom. The molecule has 6 heterocycles. The van der Waals surface area contributed by atoms with E-state index in [2.05, 4.69) is 56.7 Å². The van der Waals surface area contributed by atoms with E-state index in [1.54, 1.807) is 108 Å². The van der Waals surface area contributed by atoms with E-state index in [-0.39, 0.29) is 50.6 Å². The maximum Gasteiger partial charge on any atom is 0.430 e. The van der Waals surface area contributed by atoms with Crippen LogP contribution in [0.25, 0.3) is 33.5 Å². The van der Waals surface area contributed by atoms with Crippen molar-refractivity contribution in [3.05, 3.63) is 149 Å². The number of carbonyl (C=O) groups is 2. The summed E-state index contributed by atoms with van der Waals surface area (Å²) >= 11 is 3.21. The number of rotatable bonds is 9. The summed E-state index contributed by atoms with van der Waals surface area (Å²) in [6.07, 6.45) is 6.76. The van der Waals surface area contributed by atoms with Gasteiger partial charge in [0.25, 0.3) is 30.1 Å². The Hall–Kier alpha value is -7.85. The lowest BCUT2D eigenvalue weighted by Crippen LogP contribution is -2.42. The van der Waals surface area contributed by atoms with Crippen LogP contribution in [0.1, 0.15) is 65.7 Å². The number of hydrazine groups is 2. The van der Waals surface area contributed by atoms with E-state index in [4.69, 9.17) is 15.3 Å². The van der Waals surface area contributed by atoms with Crippen LogP contribution in [-0.2, 0) is 39.5 Å². The van der Waals surface area contributed by atoms with Gasteiger partial charge in [-0.1, -0.05) is 60.5 Å². The number of carbonyl (C=O) groups excluding carboxylic acids is 2. The summed E-state index contributed by atoms with van der Waals surface area (Å²) in [4.78, 5) is 49.4. The fourth-order valence-electron chi connectivity index (χ4n) is 6.68. The molecule has 9 aromatic rings. The summed E-state index contributed by atoms with van der Waals surface area (Å²) in [5.74, 6) is 6.04. The zero-order valence-electron chi connectivity index (χ0n) is 42.4. The zero-order chi connectivity index (χ0) is 55.5. The molecule has 2 amide bonds. The molecule has 0 saturated carbocycles. The molecular weight excluding hydrogens is 1120 g/mol. The molecule has 0 aliphatic heterocycles. The average Bonchev–Trinajstić information content (AvgIpc) is 4.11. The third-order valence-corrected chi connectivity index (χ3v) is 15.7. The van der Waals surface area contributed by atoms with Crippen LogP contribution in [0.5, 0.6) is 0 Å². The highest BCUT2D eigenvalue weighted by atomic mass is 79.9. The third-order valence-electron chi connectivity index (χ3n) is 10.3. The van der Waals surface area contributed by atoms with Gasteiger partial charge in [0.05, 0.1) is 33.3 Å². The average molecular weight is 1180 g/mol. The van der Waals surface area contributed by atoms with Gasteiger partial charge in [0.1, 0.15) is 32.4 Å². The number of hydrogen-bond acceptors (Lipinski definition) is 18. The summed E-state index contributed by atoms with van der Waals surface area (Å²) < 4.78 is 90.8. The predicted molar refractivity (Wildman–Crippen MR) is 294 cm³/mol. The molecule has 27 heteroatoms. The topological polar surface area (TPSA) is 300 Å². The molecule has 406 valence electrons. The number of halogens is 1. The van der Waals surface area contributed by atoms with Gasteiger partial charge in [-0.2, -0.15) is 5.01 Å². The van der Waals surface area contributed by atoms with E-state index in [1.165, 1.54) is 61.4 Å². The number of nitrogens with zero attached hydrogens (tertiary/aromatic N) is 10. The van der Waals surface area contributed by atoms with Crippen LogP contribution in [0.4, 0.5) is 21.2 Å². The fourth-order valence-corrected chi connectivity index (χ4v) is 10.9. The maximum absolute atomic E-state index is 12.9. The van der Waals surface area contributed by atoms with E-state index >= 15 is 0 Å². The third kappa shape index (κ3) is 13.8. The van der Waals surface area contributed by atoms with Crippen LogP contribution in [0, 0.1) is 20.8 Å². The van der Waals surface area contributed by atoms with Crippen molar-refractivity contribution in [1.29, 1.82) is 0 Å². The van der Waals surface area contributed by atoms with Crippen molar-refractivity contribution in [3.63, 3.8) is 0 Å². The number of ether oxygens (including phenoxy) is 2. The van der Waals surface area contributed by atoms with Gasteiger partial charge >= 0.3 is 12.2 Å². The molecule has 0 atom stereocenters. The van der Waals surface area contributed by atoms with Gasteiger partial charge < -0.3 is 9.47 Å². The van der Waals surface area contributed by atoms with Gasteiger partial charge in [-0.3, -0.25) is 5.43 Å². The summed E-state index contributed by atoms with van der Waals surface area (Å²) in [6, 6.07) is 24.4. The van der Waals surface area contributed by atoms with E-state index in [9.17, 15) is 34.8 Å². The Bertz CT molecular complexity index is 3950. The highest BCUT2D eigenvalue weighted by Crippen LogP contribution is 2.25. The predicted octanol–water partition coefficient (Wildman–Crippen LogP) is 8.80. The summed E-state index contributed by atoms with van der Waals surface area (Å²) in [5, 5.41) is 0.726. The molecule has 3 aromatic carbocycles. The normalized spacial score (nSPS) is 11.9. The first-order valence-electron chi connectivity index (χ1n) is 22.7. The molecule has 0 aliphatic carbocycles. The Kier molecular flexibility index (Phi) is 17.3. The van der Waals surface area contributed by atoms with Crippen LogP contribution >= 0.6 is 15.9 Å². The molecule has 0 aliphatic rings. The minimum Gasteiger partial charge on any atom is -0.443 e. The molecule has 77 heavy (non-hydrogen) atoms. The summed E-state index contributed by atoms with van der Waals surface area (Å²) in [6.45, 7) is 16.0. The minimum absolute atomic E-state index is 0. The Labute approximate surface area is 453 Å². The van der Waals surface area contributed by atoms with Crippen LogP contribution in [0.15, 0.2) is 147 Å². The van der Waals surface area contributed by atoms with Gasteiger partial charge in [0, 0.05) is 18.6 Å². The lowest BCUT2D eigenvalue weighted by molar-refractivity contribution is 0.0537. The Morgan fingerprint density at radius 1 is 0.545 bits per heavy atom. The van der Waals surface area contributed by atoms with E-state index < -0.39 is 53.5 Å². The first-order valence-corrected chi connectivity index (χ1v) is 27.8. The zero-order valence-corrected chi connectivity index (χ0v) is 46.4. The largest absolute Gasteiger partial charge is 0.443 e. The number of amides is 2. The molecular formula is C50H56BrN13O10S3. The molecule has 6 aromatic heterocycles. The molecule has 0 unspecified atom stereocenters. The van der Waals surface area contributed by atoms with Crippen molar-refractivity contribution in [2.45, 2.75) is 95.6 Å². The van der Waals surface area contributed by atoms with Crippen LogP contribution in [0.3, 0.4) is 0 Å². The summed E-state index contributed by atoms with van der Waals surface area (Å²) in [5.41, 5.74) is 8.27. The van der Waals surface area contributed by atoms with Gasteiger partial charge in [-0.05, 0) is 133 Å². The van der Waals surface area contributed by atoms with Crippen molar-refractivity contribution < 1.29 is 44.3 Å². The number of benzene rings is 3. The van der Waals surface area contributed by atoms with Crippen LogP contribution in [0.2, 0.25) is 0 Å². The van der Waals surface area contributed by atoms with Crippen LogP contribution < -0.4 is 21.7 Å². The smallest absolute Gasteiger partial charge is 0.430 e. The molecule has 9 rings (SSSR count). The molecule has 23 nitrogen and oxygen atoms in total. The molecule has 0 fully saturated rings. The number of aryl methyl sites for hydroxylation is 3. The molecule has 0 radical (unpaired) electrons. The number of nitrogens with one attached hydrogen (secondary N) is 2. The van der Waals surface area contributed by atoms with Gasteiger partial charge in [-0.25, -0.2) is 87.9 Å². The first-order chi connectivity index (χ1) is 35.5. The van der Waals surface area contributed by atoms with Crippen molar-refractivity contribution >= 4 is 103 Å². The summed E-state index contributed by atoms with van der Waals surface area (Å²) in [7, 11) is -11.3. The van der Waals surface area contributed by atoms with E-state index in [1.807, 2.05) is 20.8 Å². The van der Waals surface area contributed by atoms with Gasteiger partial charge in [0.15, 0.2) is 28.6 Å². The van der Waals surface area contributed by atoms with Gasteiger partial charge in [0.2, 0.25) is 0 Å². The number of aromatic nitrogens is 9. The minimum atomic E-state index is -3.83.